The SMILES string of the molecule is Cc1cc(Br)cc([N+](=O)[O-])c1Oc1ccc([C@@H](C)O)cn1. The lowest BCUT2D eigenvalue weighted by Gasteiger charge is -2.10. The smallest absolute Gasteiger partial charge is 0.313 e. The Hall–Kier alpha value is -1.99. The molecule has 0 aliphatic rings. The van der Waals surface area contributed by atoms with Gasteiger partial charge < -0.3 is 9.84 Å². The first kappa shape index (κ1) is 15.4. The van der Waals surface area contributed by atoms with Crippen LogP contribution in [0.3, 0.4) is 0 Å². The molecule has 1 heterocycles. The zero-order chi connectivity index (χ0) is 15.6. The Morgan fingerprint density at radius 2 is 2.14 bits per heavy atom. The monoisotopic (exact) mass is 352 g/mol. The van der Waals surface area contributed by atoms with Gasteiger partial charge in [-0.05, 0) is 31.5 Å². The van der Waals surface area contributed by atoms with E-state index in [1.54, 1.807) is 32.0 Å². The number of rotatable bonds is 4. The van der Waals surface area contributed by atoms with Gasteiger partial charge in [0.15, 0.2) is 0 Å². The topological polar surface area (TPSA) is 85.5 Å². The van der Waals surface area contributed by atoms with Crippen LogP contribution in [0.4, 0.5) is 5.69 Å². The van der Waals surface area contributed by atoms with E-state index in [4.69, 9.17) is 4.74 Å². The molecule has 0 bridgehead atoms. The second-order valence-corrected chi connectivity index (χ2v) is 5.45. The number of nitro groups is 1. The zero-order valence-corrected chi connectivity index (χ0v) is 13.0. The van der Waals surface area contributed by atoms with E-state index in [-0.39, 0.29) is 17.3 Å². The average molecular weight is 353 g/mol. The molecule has 0 fully saturated rings. The van der Waals surface area contributed by atoms with Gasteiger partial charge in [0, 0.05) is 28.4 Å². The van der Waals surface area contributed by atoms with Crippen molar-refractivity contribution in [2.75, 3.05) is 0 Å². The highest BCUT2D eigenvalue weighted by Gasteiger charge is 2.20. The highest BCUT2D eigenvalue weighted by molar-refractivity contribution is 9.10. The van der Waals surface area contributed by atoms with Crippen LogP contribution in [0.15, 0.2) is 34.9 Å². The van der Waals surface area contributed by atoms with Crippen LogP contribution in [0, 0.1) is 17.0 Å². The first-order valence-electron chi connectivity index (χ1n) is 6.15. The summed E-state index contributed by atoms with van der Waals surface area (Å²) in [6.45, 7) is 3.35. The van der Waals surface area contributed by atoms with E-state index in [2.05, 4.69) is 20.9 Å². The maximum Gasteiger partial charge on any atom is 0.313 e. The molecule has 21 heavy (non-hydrogen) atoms. The molecule has 7 heteroatoms. The largest absolute Gasteiger partial charge is 0.432 e. The Kier molecular flexibility index (Phi) is 4.54. The number of benzene rings is 1. The second-order valence-electron chi connectivity index (χ2n) is 4.54. The lowest BCUT2D eigenvalue weighted by atomic mass is 10.2. The van der Waals surface area contributed by atoms with Gasteiger partial charge in [-0.15, -0.1) is 0 Å². The number of pyridine rings is 1. The minimum Gasteiger partial charge on any atom is -0.432 e. The van der Waals surface area contributed by atoms with E-state index in [1.165, 1.54) is 12.3 Å². The number of aliphatic hydroxyl groups excluding tert-OH is 1. The van der Waals surface area contributed by atoms with Crippen LogP contribution in [-0.2, 0) is 0 Å². The van der Waals surface area contributed by atoms with Crippen molar-refractivity contribution >= 4 is 21.6 Å². The Morgan fingerprint density at radius 3 is 2.67 bits per heavy atom. The molecule has 6 nitrogen and oxygen atoms in total. The van der Waals surface area contributed by atoms with Gasteiger partial charge in [0.2, 0.25) is 11.6 Å². The summed E-state index contributed by atoms with van der Waals surface area (Å²) in [5.41, 5.74) is 1.13. The number of ether oxygens (including phenoxy) is 1. The molecule has 2 rings (SSSR count). The molecule has 0 saturated carbocycles. The number of aryl methyl sites for hydroxylation is 1. The fourth-order valence-electron chi connectivity index (χ4n) is 1.78. The number of aliphatic hydroxyl groups is 1. The Labute approximate surface area is 129 Å². The highest BCUT2D eigenvalue weighted by Crippen LogP contribution is 2.36. The molecule has 0 aliphatic heterocycles. The third-order valence-corrected chi connectivity index (χ3v) is 3.32. The fraction of sp³-hybridized carbons (Fsp3) is 0.214. The minimum absolute atomic E-state index is 0.136. The summed E-state index contributed by atoms with van der Waals surface area (Å²) in [4.78, 5) is 14.7. The maximum absolute atomic E-state index is 11.1. The molecular formula is C14H13BrN2O4. The van der Waals surface area contributed by atoms with Crippen LogP contribution in [0.5, 0.6) is 11.6 Å². The third-order valence-electron chi connectivity index (χ3n) is 2.86. The number of aromatic nitrogens is 1. The first-order chi connectivity index (χ1) is 9.88. The molecule has 110 valence electrons. The van der Waals surface area contributed by atoms with Crippen molar-refractivity contribution in [3.8, 4) is 11.6 Å². The van der Waals surface area contributed by atoms with E-state index in [9.17, 15) is 15.2 Å². The molecule has 1 N–H and O–H groups in total. The highest BCUT2D eigenvalue weighted by atomic mass is 79.9. The number of hydrogen-bond donors (Lipinski definition) is 1. The number of nitro benzene ring substituents is 1. The third kappa shape index (κ3) is 3.56. The Morgan fingerprint density at radius 1 is 1.43 bits per heavy atom. The minimum atomic E-state index is -0.629. The average Bonchev–Trinajstić information content (AvgIpc) is 2.41. The molecule has 1 atom stereocenters. The van der Waals surface area contributed by atoms with Gasteiger partial charge >= 0.3 is 5.69 Å². The Bertz CT molecular complexity index is 671. The van der Waals surface area contributed by atoms with E-state index in [0.717, 1.165) is 0 Å². The summed E-state index contributed by atoms with van der Waals surface area (Å²) in [6.07, 6.45) is 0.843. The standard InChI is InChI=1S/C14H13BrN2O4/c1-8-5-11(15)6-12(17(19)20)14(8)21-13-4-3-10(7-16-13)9(2)18/h3-7,9,18H,1-2H3/t9-/m1/s1. The molecule has 0 unspecified atom stereocenters. The molecule has 1 aromatic heterocycles. The van der Waals surface area contributed by atoms with Gasteiger partial charge in [-0.25, -0.2) is 4.98 Å². The van der Waals surface area contributed by atoms with Crippen LogP contribution in [-0.4, -0.2) is 15.0 Å². The molecule has 0 aliphatic carbocycles. The van der Waals surface area contributed by atoms with E-state index in [0.29, 0.717) is 15.6 Å². The normalized spacial score (nSPS) is 12.0. The van der Waals surface area contributed by atoms with Gasteiger partial charge in [-0.1, -0.05) is 15.9 Å². The molecule has 0 spiro atoms. The van der Waals surface area contributed by atoms with Crippen molar-refractivity contribution < 1.29 is 14.8 Å². The fourth-order valence-corrected chi connectivity index (χ4v) is 2.34. The van der Waals surface area contributed by atoms with Crippen molar-refractivity contribution in [3.63, 3.8) is 0 Å². The van der Waals surface area contributed by atoms with E-state index in [1.807, 2.05) is 0 Å². The van der Waals surface area contributed by atoms with Gasteiger partial charge in [-0.2, -0.15) is 0 Å². The lowest BCUT2D eigenvalue weighted by molar-refractivity contribution is -0.385. The molecule has 0 saturated heterocycles. The van der Waals surface area contributed by atoms with Crippen LogP contribution in [0.1, 0.15) is 24.2 Å². The van der Waals surface area contributed by atoms with E-state index < -0.39 is 11.0 Å². The molecule has 0 radical (unpaired) electrons. The molecule has 0 amide bonds. The molecular weight excluding hydrogens is 340 g/mol. The van der Waals surface area contributed by atoms with Crippen molar-refractivity contribution in [2.24, 2.45) is 0 Å². The summed E-state index contributed by atoms with van der Waals surface area (Å²) in [7, 11) is 0. The predicted octanol–water partition coefficient (Wildman–Crippen LogP) is 3.91. The van der Waals surface area contributed by atoms with Crippen molar-refractivity contribution in [2.45, 2.75) is 20.0 Å². The van der Waals surface area contributed by atoms with Gasteiger partial charge in [0.05, 0.1) is 11.0 Å². The van der Waals surface area contributed by atoms with E-state index >= 15 is 0 Å². The first-order valence-corrected chi connectivity index (χ1v) is 6.94. The number of hydrogen-bond acceptors (Lipinski definition) is 5. The van der Waals surface area contributed by atoms with Crippen LogP contribution in [0.2, 0.25) is 0 Å². The van der Waals surface area contributed by atoms with Crippen LogP contribution in [0.25, 0.3) is 0 Å². The lowest BCUT2D eigenvalue weighted by Crippen LogP contribution is -1.98. The predicted molar refractivity (Wildman–Crippen MR) is 80.5 cm³/mol. The second kappa shape index (κ2) is 6.19. The maximum atomic E-state index is 11.1. The van der Waals surface area contributed by atoms with Crippen LogP contribution < -0.4 is 4.74 Å². The van der Waals surface area contributed by atoms with Crippen molar-refractivity contribution in [1.82, 2.24) is 4.98 Å². The summed E-state index contributed by atoms with van der Waals surface area (Å²) in [6, 6.07) is 6.33. The quantitative estimate of drug-likeness (QED) is 0.665. The summed E-state index contributed by atoms with van der Waals surface area (Å²) >= 11 is 3.22. The molecule has 2 aromatic rings. The summed E-state index contributed by atoms with van der Waals surface area (Å²) in [5, 5.41) is 20.5. The van der Waals surface area contributed by atoms with Crippen LogP contribution >= 0.6 is 15.9 Å². The summed E-state index contributed by atoms with van der Waals surface area (Å²) in [5.74, 6) is 0.383. The van der Waals surface area contributed by atoms with Gasteiger partial charge in [0.25, 0.3) is 0 Å². The van der Waals surface area contributed by atoms with Gasteiger partial charge in [-0.3, -0.25) is 10.1 Å². The van der Waals surface area contributed by atoms with Gasteiger partial charge in [0.1, 0.15) is 0 Å². The number of nitrogens with zero attached hydrogens (tertiary/aromatic N) is 2. The van der Waals surface area contributed by atoms with Crippen molar-refractivity contribution in [1.29, 1.82) is 0 Å². The summed E-state index contributed by atoms with van der Waals surface area (Å²) < 4.78 is 6.14. The Balaban J connectivity index is 2.37. The number of halogens is 1. The zero-order valence-electron chi connectivity index (χ0n) is 11.4. The van der Waals surface area contributed by atoms with Crippen molar-refractivity contribution in [3.05, 3.63) is 56.2 Å². The molecule has 1 aromatic carbocycles.